The smallest absolute Gasteiger partial charge is 0.173 e. The molecule has 1 heterocycles. The minimum absolute atomic E-state index is 0.621. The van der Waals surface area contributed by atoms with Gasteiger partial charge in [-0.15, -0.1) is 0 Å². The third kappa shape index (κ3) is 4.06. The molecule has 0 bridgehead atoms. The van der Waals surface area contributed by atoms with Crippen LogP contribution in [0.5, 0.6) is 5.75 Å². The summed E-state index contributed by atoms with van der Waals surface area (Å²) in [7, 11) is 1.99. The number of anilines is 1. The molecule has 0 amide bonds. The van der Waals surface area contributed by atoms with Crippen molar-refractivity contribution in [3.63, 3.8) is 0 Å². The van der Waals surface area contributed by atoms with Gasteiger partial charge in [-0.3, -0.25) is 4.68 Å². The lowest BCUT2D eigenvalue weighted by atomic mass is 10.2. The Kier molecular flexibility index (Phi) is 6.20. The van der Waals surface area contributed by atoms with E-state index in [4.69, 9.17) is 17.0 Å². The summed E-state index contributed by atoms with van der Waals surface area (Å²) >= 11 is 5.56. The van der Waals surface area contributed by atoms with E-state index >= 15 is 0 Å². The number of para-hydroxylation sites is 2. The predicted molar refractivity (Wildman–Crippen MR) is 103 cm³/mol. The lowest BCUT2D eigenvalue weighted by Gasteiger charge is -2.22. The molecule has 0 fully saturated rings. The number of rotatable bonds is 6. The number of aromatic nitrogens is 2. The van der Waals surface area contributed by atoms with Gasteiger partial charge in [-0.05, 0) is 52.0 Å². The number of aryl methyl sites for hydroxylation is 2. The van der Waals surface area contributed by atoms with Crippen LogP contribution in [-0.2, 0) is 13.1 Å². The lowest BCUT2D eigenvalue weighted by molar-refractivity contribution is 0.342. The van der Waals surface area contributed by atoms with E-state index in [1.54, 1.807) is 0 Å². The Balaban J connectivity index is 2.09. The van der Waals surface area contributed by atoms with Crippen LogP contribution in [0.3, 0.4) is 0 Å². The average molecular weight is 347 g/mol. The van der Waals surface area contributed by atoms with Crippen LogP contribution in [0, 0.1) is 13.8 Å². The molecule has 0 unspecified atom stereocenters. The average Bonchev–Trinajstić information content (AvgIpc) is 2.84. The number of nitrogens with one attached hydrogen (secondary N) is 1. The van der Waals surface area contributed by atoms with Crippen molar-refractivity contribution >= 4 is 23.0 Å². The molecule has 5 nitrogen and oxygen atoms in total. The van der Waals surface area contributed by atoms with Gasteiger partial charge in [-0.2, -0.15) is 5.10 Å². The van der Waals surface area contributed by atoms with Crippen molar-refractivity contribution < 1.29 is 4.74 Å². The minimum atomic E-state index is 0.621. The van der Waals surface area contributed by atoms with Crippen molar-refractivity contribution in [3.8, 4) is 5.75 Å². The van der Waals surface area contributed by atoms with E-state index in [9.17, 15) is 0 Å². The topological polar surface area (TPSA) is 42.3 Å². The summed E-state index contributed by atoms with van der Waals surface area (Å²) in [5.74, 6) is 0.807. The standard InChI is InChI=1S/C18H26N4OS/c1-6-22-14(4)15(13(3)20-22)12-21(5)18(24)19-16-10-8-9-11-17(16)23-7-2/h8-11H,6-7,12H2,1-5H3,(H,19,24). The Bertz CT molecular complexity index is 711. The van der Waals surface area contributed by atoms with E-state index in [0.717, 1.165) is 30.2 Å². The molecule has 2 aromatic rings. The van der Waals surface area contributed by atoms with Gasteiger partial charge in [0, 0.05) is 31.4 Å². The fraction of sp³-hybridized carbons (Fsp3) is 0.444. The maximum Gasteiger partial charge on any atom is 0.173 e. The van der Waals surface area contributed by atoms with Gasteiger partial charge in [0.1, 0.15) is 5.75 Å². The highest BCUT2D eigenvalue weighted by atomic mass is 32.1. The van der Waals surface area contributed by atoms with E-state index in [2.05, 4.69) is 24.3 Å². The van der Waals surface area contributed by atoms with Crippen LogP contribution in [0.15, 0.2) is 24.3 Å². The molecule has 130 valence electrons. The van der Waals surface area contributed by atoms with Crippen molar-refractivity contribution in [1.82, 2.24) is 14.7 Å². The van der Waals surface area contributed by atoms with Crippen LogP contribution >= 0.6 is 12.2 Å². The molecule has 0 atom stereocenters. The molecular weight excluding hydrogens is 320 g/mol. The van der Waals surface area contributed by atoms with Gasteiger partial charge in [0.05, 0.1) is 18.0 Å². The van der Waals surface area contributed by atoms with Crippen molar-refractivity contribution in [3.05, 3.63) is 41.2 Å². The molecule has 0 spiro atoms. The van der Waals surface area contributed by atoms with E-state index in [1.165, 1.54) is 11.3 Å². The number of ether oxygens (including phenoxy) is 1. The second kappa shape index (κ2) is 8.15. The van der Waals surface area contributed by atoms with E-state index < -0.39 is 0 Å². The number of hydrogen-bond donors (Lipinski definition) is 1. The molecule has 0 radical (unpaired) electrons. The van der Waals surface area contributed by atoms with Crippen molar-refractivity contribution in [1.29, 1.82) is 0 Å². The van der Waals surface area contributed by atoms with Gasteiger partial charge in [0.15, 0.2) is 5.11 Å². The van der Waals surface area contributed by atoms with Crippen LogP contribution in [0.1, 0.15) is 30.8 Å². The molecule has 0 saturated carbocycles. The van der Waals surface area contributed by atoms with Gasteiger partial charge in [-0.1, -0.05) is 12.1 Å². The molecule has 2 rings (SSSR count). The molecule has 0 aliphatic rings. The molecule has 1 N–H and O–H groups in total. The van der Waals surface area contributed by atoms with Gasteiger partial charge in [0.25, 0.3) is 0 Å². The zero-order valence-corrected chi connectivity index (χ0v) is 15.9. The Morgan fingerprint density at radius 1 is 1.29 bits per heavy atom. The maximum atomic E-state index is 5.64. The SMILES string of the molecule is CCOc1ccccc1NC(=S)N(C)Cc1c(C)nn(CC)c1C. The molecular formula is C18H26N4OS. The molecule has 0 aliphatic heterocycles. The fourth-order valence-corrected chi connectivity index (χ4v) is 2.82. The maximum absolute atomic E-state index is 5.64. The first-order valence-corrected chi connectivity index (χ1v) is 8.65. The molecule has 1 aromatic heterocycles. The van der Waals surface area contributed by atoms with Crippen molar-refractivity contribution in [2.24, 2.45) is 0 Å². The molecule has 24 heavy (non-hydrogen) atoms. The van der Waals surface area contributed by atoms with Gasteiger partial charge < -0.3 is 15.0 Å². The number of nitrogens with zero attached hydrogens (tertiary/aromatic N) is 3. The summed E-state index contributed by atoms with van der Waals surface area (Å²) in [6.45, 7) is 10.4. The van der Waals surface area contributed by atoms with Gasteiger partial charge >= 0.3 is 0 Å². The van der Waals surface area contributed by atoms with Gasteiger partial charge in [-0.25, -0.2) is 0 Å². The molecule has 1 aromatic carbocycles. The van der Waals surface area contributed by atoms with Crippen LogP contribution in [0.2, 0.25) is 0 Å². The van der Waals surface area contributed by atoms with Gasteiger partial charge in [0.2, 0.25) is 0 Å². The highest BCUT2D eigenvalue weighted by Gasteiger charge is 2.15. The highest BCUT2D eigenvalue weighted by Crippen LogP contribution is 2.24. The Hall–Kier alpha value is -2.08. The first kappa shape index (κ1) is 18.3. The summed E-state index contributed by atoms with van der Waals surface area (Å²) in [6.07, 6.45) is 0. The summed E-state index contributed by atoms with van der Waals surface area (Å²) in [6, 6.07) is 7.83. The second-order valence-corrected chi connectivity index (χ2v) is 6.07. The second-order valence-electron chi connectivity index (χ2n) is 5.68. The first-order chi connectivity index (χ1) is 11.5. The third-order valence-corrected chi connectivity index (χ3v) is 4.42. The predicted octanol–water partition coefficient (Wildman–Crippen LogP) is 3.75. The van der Waals surface area contributed by atoms with Crippen LogP contribution in [-0.4, -0.2) is 33.4 Å². The third-order valence-electron chi connectivity index (χ3n) is 4.00. The molecule has 6 heteroatoms. The first-order valence-electron chi connectivity index (χ1n) is 8.24. The summed E-state index contributed by atoms with van der Waals surface area (Å²) in [5.41, 5.74) is 4.36. The quantitative estimate of drug-likeness (QED) is 0.807. The monoisotopic (exact) mass is 346 g/mol. The van der Waals surface area contributed by atoms with Crippen LogP contribution in [0.25, 0.3) is 0 Å². The summed E-state index contributed by atoms with van der Waals surface area (Å²) in [4.78, 5) is 2.02. The summed E-state index contributed by atoms with van der Waals surface area (Å²) < 4.78 is 7.67. The normalized spacial score (nSPS) is 10.5. The summed E-state index contributed by atoms with van der Waals surface area (Å²) in [5, 5.41) is 8.51. The van der Waals surface area contributed by atoms with Crippen molar-refractivity contribution in [2.75, 3.05) is 19.0 Å². The fourth-order valence-electron chi connectivity index (χ4n) is 2.64. The Morgan fingerprint density at radius 3 is 2.62 bits per heavy atom. The van der Waals surface area contributed by atoms with E-state index in [0.29, 0.717) is 11.7 Å². The van der Waals surface area contributed by atoms with Crippen LogP contribution in [0.4, 0.5) is 5.69 Å². The van der Waals surface area contributed by atoms with E-state index in [-0.39, 0.29) is 0 Å². The molecule has 0 aliphatic carbocycles. The number of hydrogen-bond acceptors (Lipinski definition) is 3. The molecule has 0 saturated heterocycles. The Labute approximate surface area is 149 Å². The largest absolute Gasteiger partial charge is 0.492 e. The van der Waals surface area contributed by atoms with Crippen LogP contribution < -0.4 is 10.1 Å². The zero-order valence-electron chi connectivity index (χ0n) is 15.1. The van der Waals surface area contributed by atoms with E-state index in [1.807, 2.05) is 54.7 Å². The zero-order chi connectivity index (χ0) is 17.7. The Morgan fingerprint density at radius 2 is 2.00 bits per heavy atom. The van der Waals surface area contributed by atoms with Crippen molar-refractivity contribution in [2.45, 2.75) is 40.8 Å². The lowest BCUT2D eigenvalue weighted by Crippen LogP contribution is -2.31. The minimum Gasteiger partial charge on any atom is -0.492 e. The number of thiocarbonyl (C=S) groups is 1. The highest BCUT2D eigenvalue weighted by molar-refractivity contribution is 7.80. The number of benzene rings is 1.